The third-order valence-electron chi connectivity index (χ3n) is 3.27. The maximum absolute atomic E-state index is 12.0. The second kappa shape index (κ2) is 9.59. The molecule has 1 N–H and O–H groups in total. The molecule has 2 rings (SSSR count). The fourth-order valence-corrected chi connectivity index (χ4v) is 3.30. The summed E-state index contributed by atoms with van der Waals surface area (Å²) in [6.07, 6.45) is 0. The highest BCUT2D eigenvalue weighted by atomic mass is 35.5. The van der Waals surface area contributed by atoms with Gasteiger partial charge in [-0.2, -0.15) is 0 Å². The Morgan fingerprint density at radius 1 is 1.19 bits per heavy atom. The first-order valence-corrected chi connectivity index (χ1v) is 9.23. The van der Waals surface area contributed by atoms with Crippen LogP contribution >= 0.6 is 35.0 Å². The molecule has 2 aromatic carbocycles. The Balaban J connectivity index is 1.85. The van der Waals surface area contributed by atoms with Gasteiger partial charge in [-0.05, 0) is 31.2 Å². The largest absolute Gasteiger partial charge is 0.455 e. The average molecular weight is 429 g/mol. The second-order valence-corrected chi connectivity index (χ2v) is 7.49. The van der Waals surface area contributed by atoms with E-state index in [9.17, 15) is 19.7 Å². The Kier molecular flexibility index (Phi) is 7.46. The number of amides is 1. The lowest BCUT2D eigenvalue weighted by Crippen LogP contribution is -2.25. The van der Waals surface area contributed by atoms with E-state index in [2.05, 4.69) is 5.32 Å². The number of hydrogen-bond donors (Lipinski definition) is 1. The molecular weight excluding hydrogens is 415 g/mol. The van der Waals surface area contributed by atoms with Crippen molar-refractivity contribution in [2.24, 2.45) is 0 Å². The molecule has 0 saturated heterocycles. The standard InChI is InChI=1S/C17H14Cl2N2O5S/c1-10(27-12-7-5-11(6-8-12)21(24)25)17(23)26-9-15(22)20-16-13(18)3-2-4-14(16)19/h2-8,10H,9H2,1H3,(H,20,22). The molecule has 1 unspecified atom stereocenters. The fraction of sp³-hybridized carbons (Fsp3) is 0.176. The number of anilines is 1. The Labute approximate surface area is 169 Å². The monoisotopic (exact) mass is 428 g/mol. The number of para-hydroxylation sites is 1. The maximum Gasteiger partial charge on any atom is 0.319 e. The average Bonchev–Trinajstić information content (AvgIpc) is 2.63. The molecule has 0 aliphatic rings. The van der Waals surface area contributed by atoms with Gasteiger partial charge >= 0.3 is 5.97 Å². The van der Waals surface area contributed by atoms with E-state index in [1.54, 1.807) is 37.3 Å². The predicted octanol–water partition coefficient (Wildman–Crippen LogP) is 4.56. The van der Waals surface area contributed by atoms with Gasteiger partial charge in [0, 0.05) is 17.0 Å². The van der Waals surface area contributed by atoms with Crippen molar-refractivity contribution < 1.29 is 19.2 Å². The Hall–Kier alpha value is -2.29. The molecule has 0 heterocycles. The molecule has 0 fully saturated rings. The van der Waals surface area contributed by atoms with Crippen LogP contribution in [0.2, 0.25) is 10.0 Å². The van der Waals surface area contributed by atoms with Gasteiger partial charge in [-0.3, -0.25) is 19.7 Å². The van der Waals surface area contributed by atoms with Gasteiger partial charge in [0.1, 0.15) is 5.25 Å². The molecular formula is C17H14Cl2N2O5S. The first kappa shape index (κ1) is 21.0. The molecule has 0 radical (unpaired) electrons. The molecule has 142 valence electrons. The lowest BCUT2D eigenvalue weighted by molar-refractivity contribution is -0.384. The number of carbonyl (C=O) groups is 2. The van der Waals surface area contributed by atoms with Gasteiger partial charge in [0.25, 0.3) is 11.6 Å². The van der Waals surface area contributed by atoms with Crippen molar-refractivity contribution in [2.75, 3.05) is 11.9 Å². The SMILES string of the molecule is CC(Sc1ccc([N+](=O)[O-])cc1)C(=O)OCC(=O)Nc1c(Cl)cccc1Cl. The Morgan fingerprint density at radius 3 is 2.33 bits per heavy atom. The number of nitrogens with one attached hydrogen (secondary N) is 1. The summed E-state index contributed by atoms with van der Waals surface area (Å²) in [5.74, 6) is -1.18. The van der Waals surface area contributed by atoms with Crippen LogP contribution in [0.5, 0.6) is 0 Å². The highest BCUT2D eigenvalue weighted by molar-refractivity contribution is 8.00. The topological polar surface area (TPSA) is 98.5 Å². The number of nitro benzene ring substituents is 1. The number of benzene rings is 2. The highest BCUT2D eigenvalue weighted by Crippen LogP contribution is 2.30. The molecule has 10 heteroatoms. The molecule has 7 nitrogen and oxygen atoms in total. The quantitative estimate of drug-likeness (QED) is 0.300. The summed E-state index contributed by atoms with van der Waals surface area (Å²) >= 11 is 13.1. The number of non-ortho nitro benzene ring substituents is 1. The van der Waals surface area contributed by atoms with E-state index < -0.39 is 28.7 Å². The number of nitrogens with zero attached hydrogens (tertiary/aromatic N) is 1. The fourth-order valence-electron chi connectivity index (χ4n) is 1.95. The zero-order valence-electron chi connectivity index (χ0n) is 14.0. The molecule has 0 aromatic heterocycles. The lowest BCUT2D eigenvalue weighted by atomic mass is 10.3. The van der Waals surface area contributed by atoms with Crippen molar-refractivity contribution in [3.05, 3.63) is 62.6 Å². The highest BCUT2D eigenvalue weighted by Gasteiger charge is 2.18. The van der Waals surface area contributed by atoms with Gasteiger partial charge in [-0.15, -0.1) is 11.8 Å². The molecule has 27 heavy (non-hydrogen) atoms. The van der Waals surface area contributed by atoms with Crippen LogP contribution in [0.4, 0.5) is 11.4 Å². The van der Waals surface area contributed by atoms with Crippen LogP contribution in [0.25, 0.3) is 0 Å². The summed E-state index contributed by atoms with van der Waals surface area (Å²) < 4.78 is 4.99. The smallest absolute Gasteiger partial charge is 0.319 e. The molecule has 0 aliphatic heterocycles. The number of ether oxygens (including phenoxy) is 1. The number of rotatable bonds is 7. The first-order chi connectivity index (χ1) is 12.8. The second-order valence-electron chi connectivity index (χ2n) is 5.26. The van der Waals surface area contributed by atoms with Crippen molar-refractivity contribution in [3.8, 4) is 0 Å². The number of nitro groups is 1. The molecule has 1 atom stereocenters. The third-order valence-corrected chi connectivity index (χ3v) is 4.99. The lowest BCUT2D eigenvalue weighted by Gasteiger charge is -2.12. The van der Waals surface area contributed by atoms with Crippen molar-refractivity contribution in [3.63, 3.8) is 0 Å². The van der Waals surface area contributed by atoms with E-state index in [0.29, 0.717) is 4.90 Å². The van der Waals surface area contributed by atoms with Crippen molar-refractivity contribution in [1.29, 1.82) is 0 Å². The third kappa shape index (κ3) is 6.13. The summed E-state index contributed by atoms with van der Waals surface area (Å²) in [6.45, 7) is 1.11. The van der Waals surface area contributed by atoms with Gasteiger partial charge in [-0.25, -0.2) is 0 Å². The normalized spacial score (nSPS) is 11.5. The zero-order valence-corrected chi connectivity index (χ0v) is 16.3. The van der Waals surface area contributed by atoms with Gasteiger partial charge in [0.2, 0.25) is 0 Å². The van der Waals surface area contributed by atoms with E-state index in [1.165, 1.54) is 12.1 Å². The molecule has 0 aliphatic carbocycles. The Morgan fingerprint density at radius 2 is 1.78 bits per heavy atom. The van der Waals surface area contributed by atoms with Crippen molar-refractivity contribution >= 4 is 58.2 Å². The van der Waals surface area contributed by atoms with Crippen LogP contribution in [-0.2, 0) is 14.3 Å². The van der Waals surface area contributed by atoms with Crippen LogP contribution in [0.3, 0.4) is 0 Å². The number of hydrogen-bond acceptors (Lipinski definition) is 6. The molecule has 0 saturated carbocycles. The van der Waals surface area contributed by atoms with E-state index in [1.807, 2.05) is 0 Å². The van der Waals surface area contributed by atoms with Crippen LogP contribution in [0.1, 0.15) is 6.92 Å². The van der Waals surface area contributed by atoms with Gasteiger partial charge in [0.15, 0.2) is 6.61 Å². The Bertz CT molecular complexity index is 841. The number of halogens is 2. The molecule has 0 spiro atoms. The summed E-state index contributed by atoms with van der Waals surface area (Å²) in [5, 5.41) is 13.1. The van der Waals surface area contributed by atoms with Gasteiger partial charge < -0.3 is 10.1 Å². The van der Waals surface area contributed by atoms with Crippen molar-refractivity contribution in [1.82, 2.24) is 0 Å². The summed E-state index contributed by atoms with van der Waals surface area (Å²) in [5.41, 5.74) is 0.208. The minimum Gasteiger partial charge on any atom is -0.455 e. The number of thioether (sulfide) groups is 1. The van der Waals surface area contributed by atoms with E-state index in [4.69, 9.17) is 27.9 Å². The summed E-state index contributed by atoms with van der Waals surface area (Å²) in [7, 11) is 0. The van der Waals surface area contributed by atoms with Crippen LogP contribution in [0, 0.1) is 10.1 Å². The van der Waals surface area contributed by atoms with E-state index in [0.717, 1.165) is 11.8 Å². The first-order valence-electron chi connectivity index (χ1n) is 7.59. The van der Waals surface area contributed by atoms with Gasteiger partial charge in [0.05, 0.1) is 20.7 Å². The summed E-state index contributed by atoms with van der Waals surface area (Å²) in [4.78, 5) is 34.8. The minimum atomic E-state index is -0.608. The molecule has 1 amide bonds. The maximum atomic E-state index is 12.0. The number of carbonyl (C=O) groups excluding carboxylic acids is 2. The zero-order chi connectivity index (χ0) is 20.0. The molecule has 0 bridgehead atoms. The predicted molar refractivity (Wildman–Crippen MR) is 104 cm³/mol. The van der Waals surface area contributed by atoms with Crippen LogP contribution in [-0.4, -0.2) is 28.7 Å². The van der Waals surface area contributed by atoms with Crippen LogP contribution < -0.4 is 5.32 Å². The van der Waals surface area contributed by atoms with E-state index in [-0.39, 0.29) is 21.4 Å². The summed E-state index contributed by atoms with van der Waals surface area (Å²) in [6, 6.07) is 10.5. The minimum absolute atomic E-state index is 0.0375. The van der Waals surface area contributed by atoms with Crippen molar-refractivity contribution in [2.45, 2.75) is 17.1 Å². The van der Waals surface area contributed by atoms with Gasteiger partial charge in [-0.1, -0.05) is 29.3 Å². The molecule has 2 aromatic rings. The number of esters is 1. The van der Waals surface area contributed by atoms with Crippen LogP contribution in [0.15, 0.2) is 47.4 Å². The van der Waals surface area contributed by atoms with E-state index >= 15 is 0 Å².